The van der Waals surface area contributed by atoms with Crippen molar-refractivity contribution in [2.24, 2.45) is 4.99 Å². The van der Waals surface area contributed by atoms with E-state index in [0.29, 0.717) is 12.6 Å². The van der Waals surface area contributed by atoms with Gasteiger partial charge in [0.15, 0.2) is 5.82 Å². The van der Waals surface area contributed by atoms with E-state index in [0.717, 1.165) is 75.5 Å². The molecule has 224 valence electrons. The zero-order valence-electron chi connectivity index (χ0n) is 25.5. The molecule has 0 radical (unpaired) electrons. The third-order valence-corrected chi connectivity index (χ3v) is 10.6. The number of aliphatic imine (C=N–C) groups is 1. The van der Waals surface area contributed by atoms with Crippen molar-refractivity contribution in [2.45, 2.75) is 46.2 Å². The molecule has 0 saturated carbocycles. The van der Waals surface area contributed by atoms with Gasteiger partial charge in [0, 0.05) is 73.5 Å². The summed E-state index contributed by atoms with van der Waals surface area (Å²) in [6.45, 7) is 15.5. The van der Waals surface area contributed by atoms with Gasteiger partial charge in [-0.05, 0) is 63.4 Å². The van der Waals surface area contributed by atoms with E-state index in [1.54, 1.807) is 0 Å². The number of fused-ring (bicyclic) bond motifs is 3. The standard InChI is InChI=1S/C34H41N7OS/c1-24-25(2)43-34-32(24)33(35-23-31-37-36-26(3)41(31)34)27-9-11-28(12-10-27)39-15-13-29(14-16-39)40-19-17-38(18-20-40)21-22-42-30-7-5-4-6-8-30/h4-12,29H,13-23H2,1-3H3. The van der Waals surface area contributed by atoms with Crippen LogP contribution < -0.4 is 9.64 Å². The minimum Gasteiger partial charge on any atom is -0.492 e. The van der Waals surface area contributed by atoms with Gasteiger partial charge in [-0.2, -0.15) is 0 Å². The lowest BCUT2D eigenvalue weighted by molar-refractivity contribution is 0.0770. The van der Waals surface area contributed by atoms with E-state index in [9.17, 15) is 0 Å². The Morgan fingerprint density at radius 3 is 2.35 bits per heavy atom. The number of hydrogen-bond acceptors (Lipinski definition) is 8. The summed E-state index contributed by atoms with van der Waals surface area (Å²) < 4.78 is 8.11. The van der Waals surface area contributed by atoms with E-state index < -0.39 is 0 Å². The molecule has 3 aliphatic rings. The number of piperidine rings is 1. The van der Waals surface area contributed by atoms with Gasteiger partial charge in [-0.1, -0.05) is 30.3 Å². The maximum Gasteiger partial charge on any atom is 0.160 e. The number of rotatable bonds is 7. The van der Waals surface area contributed by atoms with Crippen molar-refractivity contribution >= 4 is 22.7 Å². The van der Waals surface area contributed by atoms with Crippen LogP contribution in [0.3, 0.4) is 0 Å². The molecule has 0 aliphatic carbocycles. The van der Waals surface area contributed by atoms with Crippen LogP contribution in [0.15, 0.2) is 59.6 Å². The smallest absolute Gasteiger partial charge is 0.160 e. The van der Waals surface area contributed by atoms with Gasteiger partial charge >= 0.3 is 0 Å². The maximum absolute atomic E-state index is 5.92. The van der Waals surface area contributed by atoms with Crippen molar-refractivity contribution in [2.75, 3.05) is 57.3 Å². The minimum absolute atomic E-state index is 0.543. The fraction of sp³-hybridized carbons (Fsp3) is 0.441. The fourth-order valence-corrected chi connectivity index (χ4v) is 7.99. The molecule has 4 aromatic rings. The number of para-hydroxylation sites is 1. The molecule has 8 nitrogen and oxygen atoms in total. The zero-order chi connectivity index (χ0) is 29.3. The lowest BCUT2D eigenvalue weighted by atomic mass is 9.98. The quantitative estimate of drug-likeness (QED) is 0.290. The van der Waals surface area contributed by atoms with Gasteiger partial charge in [0.25, 0.3) is 0 Å². The summed E-state index contributed by atoms with van der Waals surface area (Å²) in [6.07, 6.45) is 2.45. The summed E-state index contributed by atoms with van der Waals surface area (Å²) in [5, 5.41) is 9.94. The predicted octanol–water partition coefficient (Wildman–Crippen LogP) is 5.27. The Morgan fingerprint density at radius 1 is 0.860 bits per heavy atom. The Kier molecular flexibility index (Phi) is 8.03. The highest BCUT2D eigenvalue weighted by Gasteiger charge is 2.29. The topological polar surface area (TPSA) is 62.0 Å². The summed E-state index contributed by atoms with van der Waals surface area (Å²) in [5.74, 6) is 2.79. The van der Waals surface area contributed by atoms with Crippen LogP contribution in [0.25, 0.3) is 5.00 Å². The first-order valence-corrected chi connectivity index (χ1v) is 16.4. The van der Waals surface area contributed by atoms with Crippen molar-refractivity contribution in [3.63, 3.8) is 0 Å². The van der Waals surface area contributed by atoms with Gasteiger partial charge in [0.05, 0.1) is 5.71 Å². The molecule has 7 rings (SSSR count). The van der Waals surface area contributed by atoms with Gasteiger partial charge in [0.1, 0.15) is 29.7 Å². The van der Waals surface area contributed by atoms with Crippen LogP contribution in [-0.4, -0.2) is 88.7 Å². The van der Waals surface area contributed by atoms with Crippen molar-refractivity contribution in [3.8, 4) is 10.8 Å². The molecule has 2 saturated heterocycles. The first-order chi connectivity index (χ1) is 21.0. The molecule has 5 heterocycles. The molecule has 2 aromatic heterocycles. The number of piperazine rings is 1. The predicted molar refractivity (Wildman–Crippen MR) is 174 cm³/mol. The fourth-order valence-electron chi connectivity index (χ4n) is 6.76. The highest BCUT2D eigenvalue weighted by atomic mass is 32.1. The number of ether oxygens (including phenoxy) is 1. The van der Waals surface area contributed by atoms with Crippen LogP contribution in [0, 0.1) is 20.8 Å². The highest BCUT2D eigenvalue weighted by molar-refractivity contribution is 7.15. The number of thiophene rings is 1. The van der Waals surface area contributed by atoms with E-state index in [-0.39, 0.29) is 0 Å². The Hall–Kier alpha value is -3.53. The number of aromatic nitrogens is 3. The second kappa shape index (κ2) is 12.2. The Balaban J connectivity index is 0.940. The third-order valence-electron chi connectivity index (χ3n) is 9.39. The number of hydrogen-bond donors (Lipinski definition) is 0. The molecule has 0 amide bonds. The van der Waals surface area contributed by atoms with Crippen LogP contribution in [0.4, 0.5) is 5.69 Å². The number of aryl methyl sites for hydroxylation is 2. The molecular formula is C34H41N7OS. The Morgan fingerprint density at radius 2 is 1.60 bits per heavy atom. The molecule has 3 aliphatic heterocycles. The monoisotopic (exact) mass is 595 g/mol. The number of benzene rings is 2. The van der Waals surface area contributed by atoms with Crippen molar-refractivity contribution in [1.82, 2.24) is 24.6 Å². The largest absolute Gasteiger partial charge is 0.492 e. The summed E-state index contributed by atoms with van der Waals surface area (Å²) in [7, 11) is 0. The van der Waals surface area contributed by atoms with E-state index in [1.807, 2.05) is 48.6 Å². The van der Waals surface area contributed by atoms with E-state index >= 15 is 0 Å². The van der Waals surface area contributed by atoms with Crippen LogP contribution in [0.2, 0.25) is 0 Å². The van der Waals surface area contributed by atoms with Crippen molar-refractivity contribution in [3.05, 3.63) is 87.8 Å². The molecule has 43 heavy (non-hydrogen) atoms. The van der Waals surface area contributed by atoms with E-state index in [4.69, 9.17) is 9.73 Å². The highest BCUT2D eigenvalue weighted by Crippen LogP contribution is 2.36. The normalized spacial score (nSPS) is 18.2. The SMILES string of the molecule is Cc1sc2c(c1C)C(c1ccc(N3CCC(N4CCN(CCOc5ccccc5)CC4)CC3)cc1)=NCc1nnc(C)n1-2. The van der Waals surface area contributed by atoms with Gasteiger partial charge in [-0.3, -0.25) is 19.4 Å². The molecule has 2 aromatic carbocycles. The molecule has 0 atom stereocenters. The van der Waals surface area contributed by atoms with Gasteiger partial charge in [-0.15, -0.1) is 21.5 Å². The van der Waals surface area contributed by atoms with Crippen LogP contribution in [-0.2, 0) is 6.54 Å². The Labute approximate surface area is 258 Å². The van der Waals surface area contributed by atoms with E-state index in [2.05, 4.69) is 67.6 Å². The van der Waals surface area contributed by atoms with Crippen molar-refractivity contribution < 1.29 is 4.74 Å². The zero-order valence-corrected chi connectivity index (χ0v) is 26.3. The number of nitrogens with zero attached hydrogens (tertiary/aromatic N) is 7. The van der Waals surface area contributed by atoms with Crippen LogP contribution in [0.1, 0.15) is 46.1 Å². The Bertz CT molecular complexity index is 1580. The molecule has 0 spiro atoms. The maximum atomic E-state index is 5.92. The lowest BCUT2D eigenvalue weighted by Gasteiger charge is -2.43. The minimum atomic E-state index is 0.543. The third kappa shape index (κ3) is 5.73. The first kappa shape index (κ1) is 28.3. The first-order valence-electron chi connectivity index (χ1n) is 15.6. The molecule has 0 unspecified atom stereocenters. The summed E-state index contributed by atoms with van der Waals surface area (Å²) in [4.78, 5) is 14.2. The molecule has 0 bridgehead atoms. The molecule has 0 N–H and O–H groups in total. The summed E-state index contributed by atoms with van der Waals surface area (Å²) in [5.41, 5.74) is 6.07. The average Bonchev–Trinajstić information content (AvgIpc) is 3.50. The molecule has 2 fully saturated rings. The average molecular weight is 596 g/mol. The van der Waals surface area contributed by atoms with Gasteiger partial charge < -0.3 is 9.64 Å². The molecule has 9 heteroatoms. The molecular weight excluding hydrogens is 554 g/mol. The number of anilines is 1. The van der Waals surface area contributed by atoms with Crippen LogP contribution >= 0.6 is 11.3 Å². The second-order valence-electron chi connectivity index (χ2n) is 11.9. The van der Waals surface area contributed by atoms with Gasteiger partial charge in [-0.25, -0.2) is 0 Å². The van der Waals surface area contributed by atoms with E-state index in [1.165, 1.54) is 45.1 Å². The van der Waals surface area contributed by atoms with Crippen LogP contribution in [0.5, 0.6) is 5.75 Å². The summed E-state index contributed by atoms with van der Waals surface area (Å²) in [6, 6.07) is 19.9. The second-order valence-corrected chi connectivity index (χ2v) is 13.1. The lowest BCUT2D eigenvalue weighted by Crippen LogP contribution is -2.53. The summed E-state index contributed by atoms with van der Waals surface area (Å²) >= 11 is 1.81. The van der Waals surface area contributed by atoms with Gasteiger partial charge in [0.2, 0.25) is 0 Å². The van der Waals surface area contributed by atoms with Crippen molar-refractivity contribution in [1.29, 1.82) is 0 Å².